The van der Waals surface area contributed by atoms with Crippen molar-refractivity contribution in [3.8, 4) is 6.07 Å². The van der Waals surface area contributed by atoms with Crippen molar-refractivity contribution in [2.24, 2.45) is 11.7 Å². The molecule has 1 atom stereocenters. The molecule has 1 aliphatic heterocycles. The summed E-state index contributed by atoms with van der Waals surface area (Å²) in [6, 6.07) is 5.77. The van der Waals surface area contributed by atoms with Gasteiger partial charge in [0.2, 0.25) is 5.91 Å². The van der Waals surface area contributed by atoms with E-state index in [-0.39, 0.29) is 11.8 Å². The Labute approximate surface area is 124 Å². The molecule has 0 aromatic carbocycles. The molecule has 1 saturated heterocycles. The van der Waals surface area contributed by atoms with Crippen LogP contribution in [0.3, 0.4) is 0 Å². The second-order valence-electron chi connectivity index (χ2n) is 5.32. The summed E-state index contributed by atoms with van der Waals surface area (Å²) in [4.78, 5) is 18.2. The van der Waals surface area contributed by atoms with Gasteiger partial charge in [-0.3, -0.25) is 9.69 Å². The van der Waals surface area contributed by atoms with Crippen LogP contribution in [0, 0.1) is 17.2 Å². The molecule has 0 spiro atoms. The van der Waals surface area contributed by atoms with Crippen molar-refractivity contribution < 1.29 is 4.79 Å². The van der Waals surface area contributed by atoms with Gasteiger partial charge in [-0.2, -0.15) is 5.26 Å². The number of nitrogens with one attached hydrogen (secondary N) is 1. The number of carbonyl (C=O) groups excluding carboxylic acids is 1. The van der Waals surface area contributed by atoms with Crippen LogP contribution in [0.2, 0.25) is 0 Å². The molecule has 1 amide bonds. The molecule has 0 aliphatic carbocycles. The first kappa shape index (κ1) is 15.4. The van der Waals surface area contributed by atoms with Crippen molar-refractivity contribution in [1.29, 1.82) is 5.26 Å². The minimum atomic E-state index is 0.0302. The van der Waals surface area contributed by atoms with E-state index in [1.807, 2.05) is 12.1 Å². The molecule has 2 rings (SSSR count). The summed E-state index contributed by atoms with van der Waals surface area (Å²) in [6.07, 6.45) is 3.59. The molecule has 0 bridgehead atoms. The van der Waals surface area contributed by atoms with Gasteiger partial charge in [-0.1, -0.05) is 0 Å². The Morgan fingerprint density at radius 2 is 2.48 bits per heavy atom. The summed E-state index contributed by atoms with van der Waals surface area (Å²) in [5.41, 5.74) is 6.90. The number of nitrogens with two attached hydrogens (primary N) is 1. The fourth-order valence-corrected chi connectivity index (χ4v) is 2.64. The average molecular weight is 287 g/mol. The minimum Gasteiger partial charge on any atom is -0.355 e. The molecular weight excluding hydrogens is 266 g/mol. The van der Waals surface area contributed by atoms with Gasteiger partial charge in [0.25, 0.3) is 0 Å². The third kappa shape index (κ3) is 4.52. The van der Waals surface area contributed by atoms with E-state index in [4.69, 9.17) is 11.0 Å². The number of aromatic nitrogens is 1. The number of carbonyl (C=O) groups is 1. The van der Waals surface area contributed by atoms with Crippen molar-refractivity contribution in [2.75, 3.05) is 26.2 Å². The van der Waals surface area contributed by atoms with Gasteiger partial charge in [0.15, 0.2) is 0 Å². The number of likely N-dealkylation sites (tertiary alicyclic amines) is 1. The van der Waals surface area contributed by atoms with Gasteiger partial charge in [0.1, 0.15) is 11.8 Å². The Hall–Kier alpha value is -1.97. The van der Waals surface area contributed by atoms with Gasteiger partial charge in [0.05, 0.1) is 5.92 Å². The van der Waals surface area contributed by atoms with E-state index in [0.717, 1.165) is 38.0 Å². The summed E-state index contributed by atoms with van der Waals surface area (Å²) in [6.45, 7) is 3.48. The number of rotatable bonds is 5. The SMILES string of the molecule is N#Cc1cc(CN2CCCC(C(=O)NCCN)C2)ccn1. The second-order valence-corrected chi connectivity index (χ2v) is 5.32. The predicted octanol–water partition coefficient (Wildman–Crippen LogP) is 0.240. The van der Waals surface area contributed by atoms with Crippen LogP contribution in [0.15, 0.2) is 18.3 Å². The van der Waals surface area contributed by atoms with E-state index in [0.29, 0.717) is 18.8 Å². The van der Waals surface area contributed by atoms with Crippen molar-refractivity contribution in [2.45, 2.75) is 19.4 Å². The van der Waals surface area contributed by atoms with E-state index in [1.165, 1.54) is 0 Å². The number of nitriles is 1. The summed E-state index contributed by atoms with van der Waals surface area (Å²) in [5.74, 6) is 0.125. The summed E-state index contributed by atoms with van der Waals surface area (Å²) < 4.78 is 0. The minimum absolute atomic E-state index is 0.0302. The molecule has 1 fully saturated rings. The molecule has 1 aromatic heterocycles. The molecule has 0 radical (unpaired) electrons. The number of amides is 1. The van der Waals surface area contributed by atoms with Gasteiger partial charge in [-0.15, -0.1) is 0 Å². The van der Waals surface area contributed by atoms with E-state index < -0.39 is 0 Å². The molecule has 6 nitrogen and oxygen atoms in total. The van der Waals surface area contributed by atoms with E-state index in [9.17, 15) is 4.79 Å². The molecule has 2 heterocycles. The lowest BCUT2D eigenvalue weighted by atomic mass is 9.96. The third-order valence-corrected chi connectivity index (χ3v) is 3.66. The number of hydrogen-bond acceptors (Lipinski definition) is 5. The normalized spacial score (nSPS) is 19.0. The van der Waals surface area contributed by atoms with Crippen LogP contribution in [0.5, 0.6) is 0 Å². The molecule has 1 aromatic rings. The van der Waals surface area contributed by atoms with Crippen LogP contribution in [0.4, 0.5) is 0 Å². The molecular formula is C15H21N5O. The zero-order chi connectivity index (χ0) is 15.1. The molecule has 21 heavy (non-hydrogen) atoms. The summed E-state index contributed by atoms with van der Waals surface area (Å²) in [5, 5.41) is 11.7. The van der Waals surface area contributed by atoms with E-state index in [1.54, 1.807) is 12.3 Å². The molecule has 6 heteroatoms. The Balaban J connectivity index is 1.91. The second kappa shape index (κ2) is 7.72. The molecule has 112 valence electrons. The standard InChI is InChI=1S/C15H21N5O/c16-4-6-19-15(21)13-2-1-7-20(11-13)10-12-3-5-18-14(8-12)9-17/h3,5,8,13H,1-2,4,6-7,10-11,16H2,(H,19,21). The average Bonchev–Trinajstić information content (AvgIpc) is 2.53. The number of piperidine rings is 1. The lowest BCUT2D eigenvalue weighted by molar-refractivity contribution is -0.126. The third-order valence-electron chi connectivity index (χ3n) is 3.66. The van der Waals surface area contributed by atoms with Gasteiger partial charge in [0, 0.05) is 32.4 Å². The maximum atomic E-state index is 12.0. The largest absolute Gasteiger partial charge is 0.355 e. The number of hydrogen-bond donors (Lipinski definition) is 2. The highest BCUT2D eigenvalue weighted by Gasteiger charge is 2.25. The number of pyridine rings is 1. The Morgan fingerprint density at radius 3 is 3.24 bits per heavy atom. The topological polar surface area (TPSA) is 95.0 Å². The quantitative estimate of drug-likeness (QED) is 0.809. The van der Waals surface area contributed by atoms with Gasteiger partial charge in [-0.25, -0.2) is 4.98 Å². The first-order valence-electron chi connectivity index (χ1n) is 7.28. The van der Waals surface area contributed by atoms with Crippen LogP contribution in [0.25, 0.3) is 0 Å². The van der Waals surface area contributed by atoms with Crippen LogP contribution in [-0.2, 0) is 11.3 Å². The van der Waals surface area contributed by atoms with Crippen molar-refractivity contribution >= 4 is 5.91 Å². The highest BCUT2D eigenvalue weighted by Crippen LogP contribution is 2.18. The van der Waals surface area contributed by atoms with Crippen LogP contribution in [0.1, 0.15) is 24.1 Å². The summed E-state index contributed by atoms with van der Waals surface area (Å²) >= 11 is 0. The molecule has 0 saturated carbocycles. The Bertz CT molecular complexity index is 525. The van der Waals surface area contributed by atoms with Crippen LogP contribution in [-0.4, -0.2) is 42.0 Å². The van der Waals surface area contributed by atoms with Gasteiger partial charge < -0.3 is 11.1 Å². The molecule has 1 aliphatic rings. The van der Waals surface area contributed by atoms with Crippen molar-refractivity contribution in [1.82, 2.24) is 15.2 Å². The lowest BCUT2D eigenvalue weighted by Crippen LogP contribution is -2.43. The predicted molar refractivity (Wildman–Crippen MR) is 79.0 cm³/mol. The monoisotopic (exact) mass is 287 g/mol. The highest BCUT2D eigenvalue weighted by atomic mass is 16.1. The van der Waals surface area contributed by atoms with Crippen LogP contribution < -0.4 is 11.1 Å². The fourth-order valence-electron chi connectivity index (χ4n) is 2.64. The molecule has 1 unspecified atom stereocenters. The van der Waals surface area contributed by atoms with E-state index in [2.05, 4.69) is 15.2 Å². The van der Waals surface area contributed by atoms with Crippen molar-refractivity contribution in [3.63, 3.8) is 0 Å². The fraction of sp³-hybridized carbons (Fsp3) is 0.533. The lowest BCUT2D eigenvalue weighted by Gasteiger charge is -2.32. The Morgan fingerprint density at radius 1 is 1.62 bits per heavy atom. The first-order valence-corrected chi connectivity index (χ1v) is 7.28. The van der Waals surface area contributed by atoms with E-state index >= 15 is 0 Å². The number of nitrogens with zero attached hydrogens (tertiary/aromatic N) is 3. The highest BCUT2D eigenvalue weighted by molar-refractivity contribution is 5.78. The van der Waals surface area contributed by atoms with Crippen LogP contribution >= 0.6 is 0 Å². The zero-order valence-corrected chi connectivity index (χ0v) is 12.1. The Kier molecular flexibility index (Phi) is 5.67. The summed E-state index contributed by atoms with van der Waals surface area (Å²) in [7, 11) is 0. The van der Waals surface area contributed by atoms with Gasteiger partial charge >= 0.3 is 0 Å². The molecule has 3 N–H and O–H groups in total. The zero-order valence-electron chi connectivity index (χ0n) is 12.1. The maximum absolute atomic E-state index is 12.0. The van der Waals surface area contributed by atoms with Gasteiger partial charge in [-0.05, 0) is 37.1 Å². The smallest absolute Gasteiger partial charge is 0.224 e. The first-order chi connectivity index (χ1) is 10.2. The van der Waals surface area contributed by atoms with Crippen molar-refractivity contribution in [3.05, 3.63) is 29.6 Å². The maximum Gasteiger partial charge on any atom is 0.224 e.